The Morgan fingerprint density at radius 1 is 1.21 bits per heavy atom. The van der Waals surface area contributed by atoms with Gasteiger partial charge in [-0.3, -0.25) is 9.89 Å². The molecule has 1 aromatic rings. The van der Waals surface area contributed by atoms with E-state index in [-0.39, 0.29) is 24.0 Å². The fourth-order valence-corrected chi connectivity index (χ4v) is 4.31. The Balaban J connectivity index is 0.00000300. The number of aryl methyl sites for hydroxylation is 1. The van der Waals surface area contributed by atoms with E-state index in [1.807, 2.05) is 20.0 Å². The number of nitrogens with zero attached hydrogens (tertiary/aromatic N) is 3. The van der Waals surface area contributed by atoms with Gasteiger partial charge in [0.05, 0.1) is 13.7 Å². The minimum atomic E-state index is 0. The molecule has 29 heavy (non-hydrogen) atoms. The molecule has 0 aliphatic carbocycles. The molecule has 1 aromatic carbocycles. The van der Waals surface area contributed by atoms with Gasteiger partial charge in [0.1, 0.15) is 0 Å². The van der Waals surface area contributed by atoms with Gasteiger partial charge in [-0.05, 0) is 69.8 Å². The second kappa shape index (κ2) is 12.5. The number of halogens is 1. The fourth-order valence-electron chi connectivity index (χ4n) is 4.31. The third-order valence-electron chi connectivity index (χ3n) is 5.78. The van der Waals surface area contributed by atoms with Gasteiger partial charge in [-0.1, -0.05) is 6.07 Å². The summed E-state index contributed by atoms with van der Waals surface area (Å²) in [6.45, 7) is 8.33. The topological polar surface area (TPSA) is 49.3 Å². The summed E-state index contributed by atoms with van der Waals surface area (Å²) < 4.78 is 11.0. The number of benzene rings is 1. The molecule has 3 rings (SSSR count). The fraction of sp³-hybridized carbons (Fsp3) is 0.682. The Morgan fingerprint density at radius 2 is 2.00 bits per heavy atom. The van der Waals surface area contributed by atoms with Gasteiger partial charge < -0.3 is 19.7 Å². The average molecular weight is 516 g/mol. The molecule has 164 valence electrons. The molecule has 1 unspecified atom stereocenters. The van der Waals surface area contributed by atoms with Crippen LogP contribution < -0.4 is 14.8 Å². The van der Waals surface area contributed by atoms with Gasteiger partial charge in [-0.15, -0.1) is 24.0 Å². The summed E-state index contributed by atoms with van der Waals surface area (Å²) in [4.78, 5) is 9.59. The van der Waals surface area contributed by atoms with Gasteiger partial charge in [-0.25, -0.2) is 0 Å². The maximum Gasteiger partial charge on any atom is 0.193 e. The lowest BCUT2D eigenvalue weighted by molar-refractivity contribution is 0.249. The van der Waals surface area contributed by atoms with Gasteiger partial charge in [0.25, 0.3) is 0 Å². The summed E-state index contributed by atoms with van der Waals surface area (Å²) in [5.41, 5.74) is 1.27. The van der Waals surface area contributed by atoms with Crippen molar-refractivity contribution in [2.45, 2.75) is 45.1 Å². The van der Waals surface area contributed by atoms with Gasteiger partial charge in [0, 0.05) is 32.7 Å². The Morgan fingerprint density at radius 3 is 2.69 bits per heavy atom. The molecule has 2 heterocycles. The lowest BCUT2D eigenvalue weighted by Gasteiger charge is -2.25. The van der Waals surface area contributed by atoms with Crippen LogP contribution in [0.15, 0.2) is 23.2 Å². The number of likely N-dealkylation sites (tertiary alicyclic amines) is 2. The first-order valence-electron chi connectivity index (χ1n) is 10.7. The van der Waals surface area contributed by atoms with Crippen molar-refractivity contribution >= 4 is 29.9 Å². The Kier molecular flexibility index (Phi) is 10.3. The van der Waals surface area contributed by atoms with Gasteiger partial charge in [0.2, 0.25) is 0 Å². The van der Waals surface area contributed by atoms with Crippen molar-refractivity contribution in [2.24, 2.45) is 4.99 Å². The lowest BCUT2D eigenvalue weighted by atomic mass is 10.1. The summed E-state index contributed by atoms with van der Waals surface area (Å²) in [6, 6.07) is 6.92. The summed E-state index contributed by atoms with van der Waals surface area (Å²) in [5, 5.41) is 3.56. The van der Waals surface area contributed by atoms with Gasteiger partial charge in [0.15, 0.2) is 17.5 Å². The van der Waals surface area contributed by atoms with Crippen LogP contribution in [0.5, 0.6) is 11.5 Å². The van der Waals surface area contributed by atoms with Crippen LogP contribution in [0.1, 0.15) is 38.2 Å². The number of hydrogen-bond acceptors (Lipinski definition) is 4. The van der Waals surface area contributed by atoms with Crippen LogP contribution in [-0.2, 0) is 6.42 Å². The van der Waals surface area contributed by atoms with E-state index in [2.05, 4.69) is 32.2 Å². The van der Waals surface area contributed by atoms with E-state index < -0.39 is 0 Å². The highest BCUT2D eigenvalue weighted by Crippen LogP contribution is 2.28. The molecule has 0 radical (unpaired) electrons. The zero-order valence-corrected chi connectivity index (χ0v) is 20.5. The van der Waals surface area contributed by atoms with Crippen molar-refractivity contribution in [3.63, 3.8) is 0 Å². The molecule has 2 fully saturated rings. The predicted octanol–water partition coefficient (Wildman–Crippen LogP) is 3.39. The summed E-state index contributed by atoms with van der Waals surface area (Å²) in [7, 11) is 3.57. The molecule has 0 aromatic heterocycles. The van der Waals surface area contributed by atoms with E-state index in [1.165, 1.54) is 37.9 Å². The molecule has 1 atom stereocenters. The molecular weight excluding hydrogens is 479 g/mol. The van der Waals surface area contributed by atoms with Crippen molar-refractivity contribution in [1.82, 2.24) is 15.1 Å². The van der Waals surface area contributed by atoms with Crippen LogP contribution in [0.4, 0.5) is 0 Å². The highest BCUT2D eigenvalue weighted by molar-refractivity contribution is 14.0. The second-order valence-corrected chi connectivity index (χ2v) is 7.63. The van der Waals surface area contributed by atoms with Crippen molar-refractivity contribution < 1.29 is 9.47 Å². The number of methoxy groups -OCH3 is 1. The molecule has 0 amide bonds. The Hall–Kier alpha value is -1.22. The Bertz CT molecular complexity index is 650. The second-order valence-electron chi connectivity index (χ2n) is 7.63. The van der Waals surface area contributed by atoms with E-state index in [9.17, 15) is 0 Å². The third kappa shape index (κ3) is 6.64. The Labute approximate surface area is 193 Å². The first-order valence-corrected chi connectivity index (χ1v) is 10.7. The number of aliphatic imine (C=N–C) groups is 1. The van der Waals surface area contributed by atoms with Crippen LogP contribution in [0, 0.1) is 0 Å². The standard InChI is InChI=1S/C22H36N4O2.HI/c1-4-28-21-16-18(9-10-20(21)27-3)8-7-12-24-22(23-2)26-15-11-19(17-26)25-13-5-6-14-25;/h9-10,16,19H,4-8,11-15,17H2,1-3H3,(H,23,24);1H. The minimum absolute atomic E-state index is 0. The van der Waals surface area contributed by atoms with Gasteiger partial charge in [-0.2, -0.15) is 0 Å². The number of hydrogen-bond donors (Lipinski definition) is 1. The number of ether oxygens (including phenoxy) is 2. The van der Waals surface area contributed by atoms with Gasteiger partial charge >= 0.3 is 0 Å². The molecule has 0 saturated carbocycles. The van der Waals surface area contributed by atoms with Crippen molar-refractivity contribution in [1.29, 1.82) is 0 Å². The first-order chi connectivity index (χ1) is 13.7. The van der Waals surface area contributed by atoms with Crippen LogP contribution in [0.25, 0.3) is 0 Å². The molecule has 2 saturated heterocycles. The number of nitrogens with one attached hydrogen (secondary N) is 1. The van der Waals surface area contributed by atoms with Crippen molar-refractivity contribution in [3.8, 4) is 11.5 Å². The minimum Gasteiger partial charge on any atom is -0.493 e. The molecule has 1 N–H and O–H groups in total. The smallest absolute Gasteiger partial charge is 0.193 e. The van der Waals surface area contributed by atoms with Crippen molar-refractivity contribution in [2.75, 3.05) is 53.5 Å². The highest BCUT2D eigenvalue weighted by Gasteiger charge is 2.30. The molecule has 6 nitrogen and oxygen atoms in total. The normalized spacial score (nSPS) is 19.9. The monoisotopic (exact) mass is 516 g/mol. The predicted molar refractivity (Wildman–Crippen MR) is 130 cm³/mol. The van der Waals surface area contributed by atoms with Crippen LogP contribution in [-0.4, -0.2) is 75.3 Å². The lowest BCUT2D eigenvalue weighted by Crippen LogP contribution is -2.43. The molecule has 7 heteroatoms. The molecule has 2 aliphatic heterocycles. The van der Waals surface area contributed by atoms with Crippen LogP contribution >= 0.6 is 24.0 Å². The highest BCUT2D eigenvalue weighted by atomic mass is 127. The summed E-state index contributed by atoms with van der Waals surface area (Å²) in [6.07, 6.45) is 6.04. The molecular formula is C22H37IN4O2. The number of rotatable bonds is 8. The van der Waals surface area contributed by atoms with E-state index in [4.69, 9.17) is 9.47 Å². The molecule has 2 aliphatic rings. The zero-order valence-electron chi connectivity index (χ0n) is 18.2. The largest absolute Gasteiger partial charge is 0.493 e. The average Bonchev–Trinajstić information content (AvgIpc) is 3.40. The van der Waals surface area contributed by atoms with E-state index >= 15 is 0 Å². The number of guanidine groups is 1. The summed E-state index contributed by atoms with van der Waals surface area (Å²) in [5.74, 6) is 2.67. The quantitative estimate of drug-likeness (QED) is 0.249. The molecule has 0 spiro atoms. The summed E-state index contributed by atoms with van der Waals surface area (Å²) >= 11 is 0. The maximum absolute atomic E-state index is 5.68. The van der Waals surface area contributed by atoms with Crippen molar-refractivity contribution in [3.05, 3.63) is 23.8 Å². The van der Waals surface area contributed by atoms with Crippen LogP contribution in [0.2, 0.25) is 0 Å². The molecule has 0 bridgehead atoms. The van der Waals surface area contributed by atoms with E-state index in [0.29, 0.717) is 12.6 Å². The third-order valence-corrected chi connectivity index (χ3v) is 5.78. The zero-order chi connectivity index (χ0) is 19.8. The van der Waals surface area contributed by atoms with E-state index in [1.54, 1.807) is 7.11 Å². The first kappa shape index (κ1) is 24.1. The maximum atomic E-state index is 5.68. The van der Waals surface area contributed by atoms with E-state index in [0.717, 1.165) is 49.9 Å². The van der Waals surface area contributed by atoms with Crippen LogP contribution in [0.3, 0.4) is 0 Å². The SMILES string of the molecule is CCOc1cc(CCCNC(=NC)N2CCC(N3CCCC3)C2)ccc1OC.I.